The smallest absolute Gasteiger partial charge is 0.257 e. The third kappa shape index (κ3) is 5.23. The van der Waals surface area contributed by atoms with Crippen molar-refractivity contribution in [3.8, 4) is 45.7 Å². The van der Waals surface area contributed by atoms with Crippen molar-refractivity contribution < 1.29 is 24.1 Å². The number of ether oxygens (including phenoxy) is 2. The Labute approximate surface area is 209 Å². The van der Waals surface area contributed by atoms with Crippen molar-refractivity contribution in [1.29, 1.82) is 0 Å². The van der Waals surface area contributed by atoms with Crippen LogP contribution in [0.4, 0.5) is 0 Å². The topological polar surface area (TPSA) is 136 Å². The fourth-order valence-electron chi connectivity index (χ4n) is 3.93. The zero-order valence-electron chi connectivity index (χ0n) is 20.5. The Balaban J connectivity index is 1.73. The van der Waals surface area contributed by atoms with E-state index < -0.39 is 5.88 Å². The van der Waals surface area contributed by atoms with Gasteiger partial charge in [0.05, 0.1) is 37.6 Å². The molecule has 0 saturated carbocycles. The second kappa shape index (κ2) is 11.5. The number of hydrogen-bond acceptors (Lipinski definition) is 10. The molecule has 3 N–H and O–H groups in total. The Morgan fingerprint density at radius 2 is 1.72 bits per heavy atom. The van der Waals surface area contributed by atoms with Gasteiger partial charge < -0.3 is 29.4 Å². The SMILES string of the molecule is CCCCc1nc(O)c(-c2nnc(CNCc3cccnc3)o2)c(O)c1-c1c(OC)cccc1OC. The summed E-state index contributed by atoms with van der Waals surface area (Å²) in [7, 11) is 3.08. The lowest BCUT2D eigenvalue weighted by molar-refractivity contribution is 0.395. The number of aromatic hydroxyl groups is 2. The molecule has 0 unspecified atom stereocenters. The van der Waals surface area contributed by atoms with E-state index in [1.165, 1.54) is 0 Å². The van der Waals surface area contributed by atoms with Crippen molar-refractivity contribution >= 4 is 0 Å². The highest BCUT2D eigenvalue weighted by Crippen LogP contribution is 2.49. The summed E-state index contributed by atoms with van der Waals surface area (Å²) in [6.07, 6.45) is 5.72. The number of nitrogens with zero attached hydrogens (tertiary/aromatic N) is 4. The van der Waals surface area contributed by atoms with Crippen LogP contribution in [0, 0.1) is 0 Å². The van der Waals surface area contributed by atoms with Gasteiger partial charge in [-0.25, -0.2) is 4.98 Å². The molecule has 0 aliphatic rings. The van der Waals surface area contributed by atoms with Crippen molar-refractivity contribution in [2.75, 3.05) is 14.2 Å². The van der Waals surface area contributed by atoms with Gasteiger partial charge in [0, 0.05) is 18.9 Å². The Kier molecular flexibility index (Phi) is 7.96. The van der Waals surface area contributed by atoms with Gasteiger partial charge in [-0.3, -0.25) is 4.98 Å². The van der Waals surface area contributed by atoms with Crippen LogP contribution in [0.25, 0.3) is 22.6 Å². The zero-order valence-corrected chi connectivity index (χ0v) is 20.5. The fourth-order valence-corrected chi connectivity index (χ4v) is 3.93. The van der Waals surface area contributed by atoms with Gasteiger partial charge in [0.15, 0.2) is 0 Å². The molecule has 0 bridgehead atoms. The lowest BCUT2D eigenvalue weighted by Crippen LogP contribution is -2.12. The van der Waals surface area contributed by atoms with Gasteiger partial charge in [0.1, 0.15) is 22.8 Å². The minimum Gasteiger partial charge on any atom is -0.506 e. The van der Waals surface area contributed by atoms with E-state index in [0.717, 1.165) is 18.4 Å². The normalized spacial score (nSPS) is 11.0. The minimum atomic E-state index is -0.394. The van der Waals surface area contributed by atoms with E-state index in [1.54, 1.807) is 44.8 Å². The Morgan fingerprint density at radius 1 is 0.944 bits per heavy atom. The summed E-state index contributed by atoms with van der Waals surface area (Å²) in [6.45, 7) is 2.91. The monoisotopic (exact) mass is 491 g/mol. The number of unbranched alkanes of at least 4 members (excludes halogenated alkanes) is 1. The number of aryl methyl sites for hydroxylation is 1. The highest BCUT2D eigenvalue weighted by molar-refractivity contribution is 5.88. The maximum Gasteiger partial charge on any atom is 0.257 e. The van der Waals surface area contributed by atoms with Gasteiger partial charge in [0.25, 0.3) is 5.89 Å². The number of nitrogens with one attached hydrogen (secondary N) is 1. The van der Waals surface area contributed by atoms with Crippen molar-refractivity contribution in [1.82, 2.24) is 25.5 Å². The average Bonchev–Trinajstić information content (AvgIpc) is 3.35. The molecule has 4 rings (SSSR count). The predicted molar refractivity (Wildman–Crippen MR) is 133 cm³/mol. The summed E-state index contributed by atoms with van der Waals surface area (Å²) in [5.41, 5.74) is 2.38. The van der Waals surface area contributed by atoms with Crippen molar-refractivity contribution in [3.05, 3.63) is 59.9 Å². The molecule has 36 heavy (non-hydrogen) atoms. The maximum absolute atomic E-state index is 11.5. The van der Waals surface area contributed by atoms with Gasteiger partial charge in [-0.1, -0.05) is 25.5 Å². The summed E-state index contributed by atoms with van der Waals surface area (Å²) < 4.78 is 16.9. The Bertz CT molecular complexity index is 1290. The first kappa shape index (κ1) is 24.9. The molecule has 0 fully saturated rings. The molecule has 0 spiro atoms. The van der Waals surface area contributed by atoms with Gasteiger partial charge in [-0.05, 0) is 36.6 Å². The molecule has 0 atom stereocenters. The Morgan fingerprint density at radius 3 is 2.39 bits per heavy atom. The quantitative estimate of drug-likeness (QED) is 0.279. The number of pyridine rings is 2. The molecular weight excluding hydrogens is 462 g/mol. The van der Waals surface area contributed by atoms with E-state index in [4.69, 9.17) is 13.9 Å². The van der Waals surface area contributed by atoms with Crippen LogP contribution in [0.5, 0.6) is 23.1 Å². The van der Waals surface area contributed by atoms with Gasteiger partial charge in [-0.15, -0.1) is 10.2 Å². The van der Waals surface area contributed by atoms with Crippen molar-refractivity contribution in [2.24, 2.45) is 0 Å². The number of benzene rings is 1. The molecule has 10 heteroatoms. The molecule has 0 saturated heterocycles. The fraction of sp³-hybridized carbons (Fsp3) is 0.308. The predicted octanol–water partition coefficient (Wildman–Crippen LogP) is 4.25. The standard InChI is InChI=1S/C26H29N5O5/c1-4-5-9-17-21(22-18(34-2)10-6-11-19(22)35-3)24(32)23(25(33)29-17)26-31-30-20(36-26)15-28-14-16-8-7-12-27-13-16/h6-8,10-13,28H,4-5,9,14-15H2,1-3H3,(H2,29,32,33). The van der Waals surface area contributed by atoms with E-state index in [0.29, 0.717) is 53.7 Å². The largest absolute Gasteiger partial charge is 0.506 e. The molecule has 0 aliphatic heterocycles. The average molecular weight is 492 g/mol. The first-order chi connectivity index (χ1) is 17.6. The van der Waals surface area contributed by atoms with Gasteiger partial charge >= 0.3 is 0 Å². The van der Waals surface area contributed by atoms with E-state index in [1.807, 2.05) is 12.1 Å². The maximum atomic E-state index is 11.5. The molecule has 188 valence electrons. The molecule has 3 heterocycles. The highest BCUT2D eigenvalue weighted by atomic mass is 16.5. The third-order valence-electron chi connectivity index (χ3n) is 5.68. The van der Waals surface area contributed by atoms with E-state index >= 15 is 0 Å². The third-order valence-corrected chi connectivity index (χ3v) is 5.68. The first-order valence-corrected chi connectivity index (χ1v) is 11.7. The lowest BCUT2D eigenvalue weighted by Gasteiger charge is -2.18. The second-order valence-corrected chi connectivity index (χ2v) is 8.09. The van der Waals surface area contributed by atoms with E-state index in [2.05, 4.69) is 32.4 Å². The van der Waals surface area contributed by atoms with Crippen LogP contribution in [0.1, 0.15) is 36.9 Å². The highest BCUT2D eigenvalue weighted by Gasteiger charge is 2.28. The summed E-state index contributed by atoms with van der Waals surface area (Å²) in [5.74, 6) is 0.593. The number of rotatable bonds is 11. The lowest BCUT2D eigenvalue weighted by atomic mass is 9.95. The van der Waals surface area contributed by atoms with Crippen LogP contribution in [0.3, 0.4) is 0 Å². The first-order valence-electron chi connectivity index (χ1n) is 11.7. The van der Waals surface area contributed by atoms with Crippen LogP contribution in [-0.4, -0.2) is 44.6 Å². The van der Waals surface area contributed by atoms with Crippen LogP contribution >= 0.6 is 0 Å². The molecule has 0 aliphatic carbocycles. The molecule has 3 aromatic heterocycles. The van der Waals surface area contributed by atoms with Crippen LogP contribution in [0.2, 0.25) is 0 Å². The van der Waals surface area contributed by atoms with Gasteiger partial charge in [0.2, 0.25) is 11.8 Å². The molecule has 4 aromatic rings. The van der Waals surface area contributed by atoms with Crippen molar-refractivity contribution in [2.45, 2.75) is 39.3 Å². The summed E-state index contributed by atoms with van der Waals surface area (Å²) >= 11 is 0. The molecule has 1 aromatic carbocycles. The summed E-state index contributed by atoms with van der Waals surface area (Å²) in [6, 6.07) is 9.15. The second-order valence-electron chi connectivity index (χ2n) is 8.09. The summed E-state index contributed by atoms with van der Waals surface area (Å²) in [5, 5.41) is 33.6. The zero-order chi connectivity index (χ0) is 25.5. The van der Waals surface area contributed by atoms with Crippen LogP contribution in [0.15, 0.2) is 47.1 Å². The van der Waals surface area contributed by atoms with E-state index in [-0.39, 0.29) is 17.2 Å². The van der Waals surface area contributed by atoms with E-state index in [9.17, 15) is 10.2 Å². The molecular formula is C26H29N5O5. The Hall–Kier alpha value is -4.18. The molecule has 10 nitrogen and oxygen atoms in total. The van der Waals surface area contributed by atoms with Crippen LogP contribution < -0.4 is 14.8 Å². The summed E-state index contributed by atoms with van der Waals surface area (Å²) in [4.78, 5) is 8.51. The number of aromatic nitrogens is 4. The molecule has 0 radical (unpaired) electrons. The minimum absolute atomic E-state index is 0.0483. The van der Waals surface area contributed by atoms with Gasteiger partial charge in [-0.2, -0.15) is 0 Å². The van der Waals surface area contributed by atoms with Crippen LogP contribution in [-0.2, 0) is 19.5 Å². The molecule has 0 amide bonds. The number of methoxy groups -OCH3 is 2. The number of hydrogen-bond donors (Lipinski definition) is 3. The van der Waals surface area contributed by atoms with Crippen molar-refractivity contribution in [3.63, 3.8) is 0 Å².